The van der Waals surface area contributed by atoms with E-state index in [1.54, 1.807) is 0 Å². The standard InChI is InChI=1S/C15H19F3N2O2/c1-2-19-7-9-20(10-8-19)14(21)22-11-12-5-3-4-6-13(12)15(16,17)18/h3-6H,2,7-11H2,1H3. The SMILES string of the molecule is CCN1CCN(C(=O)OCc2ccccc2C(F)(F)F)CC1. The molecule has 1 heterocycles. The summed E-state index contributed by atoms with van der Waals surface area (Å²) >= 11 is 0. The van der Waals surface area contributed by atoms with Crippen LogP contribution in [0.1, 0.15) is 18.1 Å². The summed E-state index contributed by atoms with van der Waals surface area (Å²) in [6, 6.07) is 5.13. The van der Waals surface area contributed by atoms with E-state index < -0.39 is 17.8 Å². The molecule has 1 aromatic rings. The summed E-state index contributed by atoms with van der Waals surface area (Å²) in [6.45, 7) is 5.17. The smallest absolute Gasteiger partial charge is 0.416 e. The topological polar surface area (TPSA) is 32.8 Å². The number of rotatable bonds is 3. The molecule has 0 unspecified atom stereocenters. The summed E-state index contributed by atoms with van der Waals surface area (Å²) in [7, 11) is 0. The Bertz CT molecular complexity index is 512. The zero-order valence-electron chi connectivity index (χ0n) is 12.4. The maximum Gasteiger partial charge on any atom is 0.416 e. The van der Waals surface area contributed by atoms with E-state index >= 15 is 0 Å². The molecule has 22 heavy (non-hydrogen) atoms. The van der Waals surface area contributed by atoms with Gasteiger partial charge in [0.2, 0.25) is 0 Å². The average Bonchev–Trinajstić information content (AvgIpc) is 2.52. The third kappa shape index (κ3) is 4.13. The van der Waals surface area contributed by atoms with E-state index in [1.165, 1.54) is 23.1 Å². The minimum Gasteiger partial charge on any atom is -0.445 e. The van der Waals surface area contributed by atoms with Gasteiger partial charge in [0.05, 0.1) is 5.56 Å². The number of carbonyl (C=O) groups is 1. The van der Waals surface area contributed by atoms with Crippen molar-refractivity contribution in [3.8, 4) is 0 Å². The third-order valence-electron chi connectivity index (χ3n) is 3.75. The Morgan fingerprint density at radius 3 is 2.41 bits per heavy atom. The van der Waals surface area contributed by atoms with Crippen LogP contribution in [0.2, 0.25) is 0 Å². The molecule has 1 fully saturated rings. The highest BCUT2D eigenvalue weighted by Crippen LogP contribution is 2.32. The number of halogens is 3. The van der Waals surface area contributed by atoms with Gasteiger partial charge in [-0.25, -0.2) is 4.79 Å². The van der Waals surface area contributed by atoms with Crippen LogP contribution in [0.25, 0.3) is 0 Å². The lowest BCUT2D eigenvalue weighted by Crippen LogP contribution is -2.48. The van der Waals surface area contributed by atoms with Gasteiger partial charge in [-0.1, -0.05) is 25.1 Å². The zero-order chi connectivity index (χ0) is 16.2. The summed E-state index contributed by atoms with van der Waals surface area (Å²) in [5.74, 6) is 0. The maximum atomic E-state index is 12.9. The molecule has 0 aliphatic carbocycles. The van der Waals surface area contributed by atoms with Crippen LogP contribution in [-0.2, 0) is 17.5 Å². The van der Waals surface area contributed by atoms with Crippen LogP contribution < -0.4 is 0 Å². The van der Waals surface area contributed by atoms with Crippen molar-refractivity contribution in [2.45, 2.75) is 19.7 Å². The molecule has 0 atom stereocenters. The lowest BCUT2D eigenvalue weighted by atomic mass is 10.1. The number of piperazine rings is 1. The molecule has 0 aromatic heterocycles. The number of nitrogens with zero attached hydrogens (tertiary/aromatic N) is 2. The van der Waals surface area contributed by atoms with E-state index in [-0.39, 0.29) is 12.2 Å². The van der Waals surface area contributed by atoms with Crippen molar-refractivity contribution in [3.05, 3.63) is 35.4 Å². The van der Waals surface area contributed by atoms with Crippen molar-refractivity contribution < 1.29 is 22.7 Å². The first-order valence-corrected chi connectivity index (χ1v) is 7.21. The fourth-order valence-electron chi connectivity index (χ4n) is 2.40. The van der Waals surface area contributed by atoms with Crippen molar-refractivity contribution >= 4 is 6.09 Å². The van der Waals surface area contributed by atoms with Crippen molar-refractivity contribution in [1.82, 2.24) is 9.80 Å². The first-order valence-electron chi connectivity index (χ1n) is 7.21. The van der Waals surface area contributed by atoms with Crippen LogP contribution in [0.3, 0.4) is 0 Å². The molecule has 0 spiro atoms. The highest BCUT2D eigenvalue weighted by Gasteiger charge is 2.33. The maximum absolute atomic E-state index is 12.9. The lowest BCUT2D eigenvalue weighted by Gasteiger charge is -2.33. The van der Waals surface area contributed by atoms with Gasteiger partial charge in [-0.2, -0.15) is 13.2 Å². The monoisotopic (exact) mass is 316 g/mol. The molecule has 4 nitrogen and oxygen atoms in total. The first-order chi connectivity index (χ1) is 10.4. The van der Waals surface area contributed by atoms with Crippen LogP contribution in [-0.4, -0.2) is 48.6 Å². The van der Waals surface area contributed by atoms with Crippen LogP contribution in [0.4, 0.5) is 18.0 Å². The number of alkyl halides is 3. The van der Waals surface area contributed by atoms with Crippen molar-refractivity contribution in [2.24, 2.45) is 0 Å². The van der Waals surface area contributed by atoms with Crippen LogP contribution in [0.5, 0.6) is 0 Å². The van der Waals surface area contributed by atoms with E-state index in [0.29, 0.717) is 13.1 Å². The molecular formula is C15H19F3N2O2. The molecule has 0 radical (unpaired) electrons. The second-order valence-corrected chi connectivity index (χ2v) is 5.13. The number of hydrogen-bond acceptors (Lipinski definition) is 3. The Hall–Kier alpha value is -1.76. The Balaban J connectivity index is 1.92. The Morgan fingerprint density at radius 2 is 1.82 bits per heavy atom. The minimum absolute atomic E-state index is 0.0319. The molecule has 1 aliphatic rings. The van der Waals surface area contributed by atoms with Crippen molar-refractivity contribution in [3.63, 3.8) is 0 Å². The number of ether oxygens (including phenoxy) is 1. The highest BCUT2D eigenvalue weighted by molar-refractivity contribution is 5.67. The molecule has 1 amide bonds. The summed E-state index contributed by atoms with van der Waals surface area (Å²) in [5.41, 5.74) is -0.797. The second kappa shape index (κ2) is 7.00. The third-order valence-corrected chi connectivity index (χ3v) is 3.75. The summed E-state index contributed by atoms with van der Waals surface area (Å²) in [5, 5.41) is 0. The molecule has 0 bridgehead atoms. The lowest BCUT2D eigenvalue weighted by molar-refractivity contribution is -0.138. The van der Waals surface area contributed by atoms with E-state index in [4.69, 9.17) is 4.74 Å². The Kier molecular flexibility index (Phi) is 5.28. The second-order valence-electron chi connectivity index (χ2n) is 5.13. The number of benzene rings is 1. The fraction of sp³-hybridized carbons (Fsp3) is 0.533. The van der Waals surface area contributed by atoms with E-state index in [2.05, 4.69) is 4.90 Å². The predicted molar refractivity (Wildman–Crippen MR) is 75.3 cm³/mol. The van der Waals surface area contributed by atoms with Gasteiger partial charge in [0.15, 0.2) is 0 Å². The number of likely N-dealkylation sites (N-methyl/N-ethyl adjacent to an activating group) is 1. The molecule has 7 heteroatoms. The molecule has 1 aromatic carbocycles. The minimum atomic E-state index is -4.45. The average molecular weight is 316 g/mol. The Labute approximate surface area is 127 Å². The summed E-state index contributed by atoms with van der Waals surface area (Å²) in [4.78, 5) is 15.7. The summed E-state index contributed by atoms with van der Waals surface area (Å²) < 4.78 is 43.6. The molecule has 2 rings (SSSR count). The van der Waals surface area contributed by atoms with Crippen LogP contribution in [0.15, 0.2) is 24.3 Å². The quantitative estimate of drug-likeness (QED) is 0.859. The first kappa shape index (κ1) is 16.6. The van der Waals surface area contributed by atoms with Gasteiger partial charge in [0.1, 0.15) is 6.61 Å². The van der Waals surface area contributed by atoms with E-state index in [9.17, 15) is 18.0 Å². The van der Waals surface area contributed by atoms with Crippen LogP contribution in [0, 0.1) is 0 Å². The zero-order valence-corrected chi connectivity index (χ0v) is 12.4. The molecule has 122 valence electrons. The molecule has 1 saturated heterocycles. The fourth-order valence-corrected chi connectivity index (χ4v) is 2.40. The van der Waals surface area contributed by atoms with Gasteiger partial charge < -0.3 is 14.5 Å². The number of carbonyl (C=O) groups excluding carboxylic acids is 1. The van der Waals surface area contributed by atoms with E-state index in [0.717, 1.165) is 25.7 Å². The van der Waals surface area contributed by atoms with Gasteiger partial charge in [-0.3, -0.25) is 0 Å². The molecule has 0 N–H and O–H groups in total. The molecule has 0 saturated carbocycles. The van der Waals surface area contributed by atoms with Crippen molar-refractivity contribution in [2.75, 3.05) is 32.7 Å². The highest BCUT2D eigenvalue weighted by atomic mass is 19.4. The Morgan fingerprint density at radius 1 is 1.18 bits per heavy atom. The van der Waals surface area contributed by atoms with Crippen molar-refractivity contribution in [1.29, 1.82) is 0 Å². The predicted octanol–water partition coefficient (Wildman–Crippen LogP) is 2.98. The number of hydrogen-bond donors (Lipinski definition) is 0. The normalized spacial score (nSPS) is 16.6. The van der Waals surface area contributed by atoms with Gasteiger partial charge in [-0.05, 0) is 12.6 Å². The van der Waals surface area contributed by atoms with E-state index in [1.807, 2.05) is 6.92 Å². The summed E-state index contributed by atoms with van der Waals surface area (Å²) in [6.07, 6.45) is -5.01. The van der Waals surface area contributed by atoms with Gasteiger partial charge >= 0.3 is 12.3 Å². The van der Waals surface area contributed by atoms with Gasteiger partial charge in [0, 0.05) is 31.7 Å². The largest absolute Gasteiger partial charge is 0.445 e. The number of amides is 1. The molecular weight excluding hydrogens is 297 g/mol. The molecule has 1 aliphatic heterocycles. The van der Waals surface area contributed by atoms with Gasteiger partial charge in [0.25, 0.3) is 0 Å². The van der Waals surface area contributed by atoms with Crippen LogP contribution >= 0.6 is 0 Å². The van der Waals surface area contributed by atoms with Gasteiger partial charge in [-0.15, -0.1) is 0 Å².